The maximum absolute atomic E-state index is 4.83. The molecule has 0 radical (unpaired) electrons. The van der Waals surface area contributed by atoms with Gasteiger partial charge in [-0.2, -0.15) is 0 Å². The Bertz CT molecular complexity index is 1400. The zero-order valence-corrected chi connectivity index (χ0v) is 19.5. The van der Waals surface area contributed by atoms with Crippen molar-refractivity contribution < 1.29 is 0 Å². The van der Waals surface area contributed by atoms with E-state index in [-0.39, 0.29) is 5.41 Å². The molecule has 0 spiro atoms. The van der Waals surface area contributed by atoms with E-state index in [1.807, 2.05) is 0 Å². The number of nitrogens with zero attached hydrogens (tertiary/aromatic N) is 2. The molecule has 4 heteroatoms. The van der Waals surface area contributed by atoms with Crippen LogP contribution in [0.1, 0.15) is 58.3 Å². The smallest absolute Gasteiger partial charge is 0.138 e. The molecule has 3 aromatic carbocycles. The second-order valence-corrected chi connectivity index (χ2v) is 9.64. The number of H-pyrrole nitrogens is 2. The number of hydrogen-bond acceptors (Lipinski definition) is 2. The predicted octanol–water partition coefficient (Wildman–Crippen LogP) is 7.58. The predicted molar refractivity (Wildman–Crippen MR) is 134 cm³/mol. The Morgan fingerprint density at radius 3 is 1.91 bits per heavy atom. The average molecular weight is 423 g/mol. The summed E-state index contributed by atoms with van der Waals surface area (Å²) in [5.41, 5.74) is 9.09. The highest BCUT2D eigenvalue weighted by atomic mass is 14.9. The topological polar surface area (TPSA) is 57.4 Å². The lowest BCUT2D eigenvalue weighted by molar-refractivity contribution is 0.506. The van der Waals surface area contributed by atoms with Crippen LogP contribution in [0.3, 0.4) is 0 Å². The molecule has 0 saturated heterocycles. The van der Waals surface area contributed by atoms with E-state index < -0.39 is 0 Å². The minimum Gasteiger partial charge on any atom is -0.342 e. The van der Waals surface area contributed by atoms with E-state index in [0.29, 0.717) is 5.92 Å². The molecule has 2 N–H and O–H groups in total. The van der Waals surface area contributed by atoms with E-state index in [1.165, 1.54) is 11.1 Å². The second kappa shape index (κ2) is 7.63. The van der Waals surface area contributed by atoms with Crippen molar-refractivity contribution in [2.45, 2.75) is 52.4 Å². The van der Waals surface area contributed by atoms with Gasteiger partial charge in [0.05, 0.1) is 22.1 Å². The number of hydrogen-bond donors (Lipinski definition) is 2. The molecular weight excluding hydrogens is 392 g/mol. The summed E-state index contributed by atoms with van der Waals surface area (Å²) >= 11 is 0. The molecule has 4 nitrogen and oxygen atoms in total. The highest BCUT2D eigenvalue weighted by Gasteiger charge is 2.18. The van der Waals surface area contributed by atoms with Crippen molar-refractivity contribution in [3.63, 3.8) is 0 Å². The van der Waals surface area contributed by atoms with Crippen molar-refractivity contribution in [1.29, 1.82) is 0 Å². The summed E-state index contributed by atoms with van der Waals surface area (Å²) < 4.78 is 0. The van der Waals surface area contributed by atoms with Gasteiger partial charge in [-0.15, -0.1) is 0 Å². The van der Waals surface area contributed by atoms with Crippen LogP contribution in [0.15, 0.2) is 60.7 Å². The van der Waals surface area contributed by atoms with Crippen LogP contribution in [0.5, 0.6) is 0 Å². The van der Waals surface area contributed by atoms with Crippen LogP contribution in [0, 0.1) is 0 Å². The minimum atomic E-state index is 0.187. The fourth-order valence-electron chi connectivity index (χ4n) is 4.09. The highest BCUT2D eigenvalue weighted by Crippen LogP contribution is 2.31. The molecule has 0 bridgehead atoms. The van der Waals surface area contributed by atoms with Crippen LogP contribution in [0.25, 0.3) is 44.6 Å². The summed E-state index contributed by atoms with van der Waals surface area (Å²) in [6.07, 6.45) is 1.11. The van der Waals surface area contributed by atoms with Crippen molar-refractivity contribution >= 4 is 22.1 Å². The molecule has 5 aromatic rings. The second-order valence-electron chi connectivity index (χ2n) is 9.64. The van der Waals surface area contributed by atoms with Gasteiger partial charge in [0.15, 0.2) is 0 Å². The zero-order chi connectivity index (χ0) is 22.5. The molecule has 0 fully saturated rings. The fraction of sp³-hybridized carbons (Fsp3) is 0.286. The van der Waals surface area contributed by atoms with Gasteiger partial charge in [-0.05, 0) is 52.8 Å². The van der Waals surface area contributed by atoms with Crippen LogP contribution in [-0.4, -0.2) is 19.9 Å². The maximum atomic E-state index is 4.83. The van der Waals surface area contributed by atoms with Gasteiger partial charge in [0.25, 0.3) is 0 Å². The first-order chi connectivity index (χ1) is 15.3. The van der Waals surface area contributed by atoms with E-state index in [4.69, 9.17) is 4.98 Å². The largest absolute Gasteiger partial charge is 0.342 e. The number of aromatic nitrogens is 4. The molecule has 0 saturated carbocycles. The molecule has 2 aromatic heterocycles. The van der Waals surface area contributed by atoms with Gasteiger partial charge in [0.1, 0.15) is 11.6 Å². The van der Waals surface area contributed by atoms with Gasteiger partial charge in [-0.25, -0.2) is 9.97 Å². The number of nitrogens with one attached hydrogen (secondary N) is 2. The zero-order valence-electron chi connectivity index (χ0n) is 19.5. The number of aromatic amines is 2. The first-order valence-electron chi connectivity index (χ1n) is 11.4. The third kappa shape index (κ3) is 3.60. The lowest BCUT2D eigenvalue weighted by atomic mass is 9.82. The number of fused-ring (bicyclic) bond motifs is 2. The fourth-order valence-corrected chi connectivity index (χ4v) is 4.09. The quantitative estimate of drug-likeness (QED) is 0.307. The minimum absolute atomic E-state index is 0.187. The lowest BCUT2D eigenvalue weighted by Gasteiger charge is -2.23. The maximum Gasteiger partial charge on any atom is 0.138 e. The molecule has 0 amide bonds. The molecule has 32 heavy (non-hydrogen) atoms. The number of benzene rings is 3. The van der Waals surface area contributed by atoms with E-state index in [2.05, 4.69) is 110 Å². The lowest BCUT2D eigenvalue weighted by Crippen LogP contribution is -2.14. The van der Waals surface area contributed by atoms with Crippen molar-refractivity contribution in [3.8, 4) is 22.5 Å². The van der Waals surface area contributed by atoms with E-state index in [9.17, 15) is 0 Å². The Morgan fingerprint density at radius 1 is 0.750 bits per heavy atom. The van der Waals surface area contributed by atoms with E-state index in [1.54, 1.807) is 0 Å². The molecule has 0 unspecified atom stereocenters. The van der Waals surface area contributed by atoms with Gasteiger partial charge < -0.3 is 9.97 Å². The monoisotopic (exact) mass is 422 g/mol. The SMILES string of the molecule is CCC(C)(C)c1ccc(-c2nc3ccc(-c4ccc5nc(C(C)C)[nH]c5c4)cc3[nH]2)cc1. The highest BCUT2D eigenvalue weighted by molar-refractivity contribution is 5.87. The van der Waals surface area contributed by atoms with Gasteiger partial charge in [0.2, 0.25) is 0 Å². The van der Waals surface area contributed by atoms with E-state index in [0.717, 1.165) is 51.3 Å². The Kier molecular flexibility index (Phi) is 4.89. The Labute approximate surface area is 189 Å². The summed E-state index contributed by atoms with van der Waals surface area (Å²) in [4.78, 5) is 16.5. The summed E-state index contributed by atoms with van der Waals surface area (Å²) in [6, 6.07) is 21.6. The van der Waals surface area contributed by atoms with Gasteiger partial charge in [-0.3, -0.25) is 0 Å². The van der Waals surface area contributed by atoms with Crippen LogP contribution in [0.2, 0.25) is 0 Å². The molecule has 5 rings (SSSR count). The molecule has 2 heterocycles. The van der Waals surface area contributed by atoms with Crippen LogP contribution >= 0.6 is 0 Å². The Balaban J connectivity index is 1.48. The molecule has 0 atom stereocenters. The molecule has 0 aliphatic rings. The Hall–Kier alpha value is -3.40. The summed E-state index contributed by atoms with van der Waals surface area (Å²) in [5, 5.41) is 0. The normalized spacial score (nSPS) is 12.3. The van der Waals surface area contributed by atoms with Crippen molar-refractivity contribution in [2.24, 2.45) is 0 Å². The van der Waals surface area contributed by atoms with Crippen LogP contribution in [-0.2, 0) is 5.41 Å². The van der Waals surface area contributed by atoms with Crippen LogP contribution < -0.4 is 0 Å². The average Bonchev–Trinajstić information content (AvgIpc) is 3.42. The van der Waals surface area contributed by atoms with Gasteiger partial charge in [-0.1, -0.05) is 71.0 Å². The molecule has 0 aliphatic heterocycles. The first kappa shape index (κ1) is 20.5. The Morgan fingerprint density at radius 2 is 1.31 bits per heavy atom. The third-order valence-electron chi connectivity index (χ3n) is 6.69. The standard InChI is InChI=1S/C28H30N4/c1-6-28(4,5)21-11-7-18(8-12-21)27-30-23-14-10-20(16-25(23)32-27)19-9-13-22-24(15-19)31-26(29-22)17(2)3/h7-17H,6H2,1-5H3,(H,29,31)(H,30,32). The summed E-state index contributed by atoms with van der Waals surface area (Å²) in [6.45, 7) is 11.1. The molecular formula is C28H30N4. The first-order valence-corrected chi connectivity index (χ1v) is 11.4. The summed E-state index contributed by atoms with van der Waals surface area (Å²) in [5.74, 6) is 2.32. The van der Waals surface area contributed by atoms with Crippen LogP contribution in [0.4, 0.5) is 0 Å². The van der Waals surface area contributed by atoms with Gasteiger partial charge in [0, 0.05) is 11.5 Å². The number of imidazole rings is 2. The van der Waals surface area contributed by atoms with Crippen molar-refractivity contribution in [1.82, 2.24) is 19.9 Å². The van der Waals surface area contributed by atoms with Crippen molar-refractivity contribution in [3.05, 3.63) is 72.1 Å². The molecule has 0 aliphatic carbocycles. The molecule has 162 valence electrons. The third-order valence-corrected chi connectivity index (χ3v) is 6.69. The van der Waals surface area contributed by atoms with Gasteiger partial charge >= 0.3 is 0 Å². The van der Waals surface area contributed by atoms with E-state index >= 15 is 0 Å². The number of rotatable bonds is 5. The summed E-state index contributed by atoms with van der Waals surface area (Å²) in [7, 11) is 0. The van der Waals surface area contributed by atoms with Crippen molar-refractivity contribution in [2.75, 3.05) is 0 Å².